The van der Waals surface area contributed by atoms with Gasteiger partial charge in [0.05, 0.1) is 25.2 Å². The summed E-state index contributed by atoms with van der Waals surface area (Å²) in [5.41, 5.74) is 0.146. The number of nitrogens with zero attached hydrogens (tertiary/aromatic N) is 3. The van der Waals surface area contributed by atoms with E-state index < -0.39 is 20.6 Å². The molecule has 0 radical (unpaired) electrons. The van der Waals surface area contributed by atoms with Crippen molar-refractivity contribution in [1.82, 2.24) is 19.7 Å². The molecule has 0 saturated carbocycles. The Bertz CT molecular complexity index is 847. The van der Waals surface area contributed by atoms with Gasteiger partial charge in [0.1, 0.15) is 11.5 Å². The molecule has 8 nitrogen and oxygen atoms in total. The van der Waals surface area contributed by atoms with E-state index in [2.05, 4.69) is 48.9 Å². The lowest BCUT2D eigenvalue weighted by molar-refractivity contribution is -0.0534. The predicted octanol–water partition coefficient (Wildman–Crippen LogP) is 2.57. The summed E-state index contributed by atoms with van der Waals surface area (Å²) in [6.45, 7) is 11.7. The molecule has 0 aliphatic carbocycles. The van der Waals surface area contributed by atoms with Crippen LogP contribution in [0.3, 0.4) is 0 Å². The summed E-state index contributed by atoms with van der Waals surface area (Å²) < 4.78 is 13.9. The zero-order valence-electron chi connectivity index (χ0n) is 16.7. The largest absolute Gasteiger partial charge is 0.414 e. The summed E-state index contributed by atoms with van der Waals surface area (Å²) in [6, 6.07) is 0. The van der Waals surface area contributed by atoms with Gasteiger partial charge in [0.2, 0.25) is 0 Å². The normalized spacial score (nSPS) is 24.0. The van der Waals surface area contributed by atoms with Crippen LogP contribution in [0.25, 0.3) is 11.0 Å². The van der Waals surface area contributed by atoms with Crippen LogP contribution in [-0.2, 0) is 9.16 Å². The van der Waals surface area contributed by atoms with Crippen LogP contribution < -0.4 is 5.56 Å². The van der Waals surface area contributed by atoms with Gasteiger partial charge in [0.15, 0.2) is 20.2 Å². The molecule has 0 unspecified atom stereocenters. The van der Waals surface area contributed by atoms with Crippen LogP contribution in [-0.4, -0.2) is 52.0 Å². The number of ether oxygens (including phenoxy) is 1. The van der Waals surface area contributed by atoms with Crippen molar-refractivity contribution in [2.45, 2.75) is 76.6 Å². The molecule has 0 spiro atoms. The van der Waals surface area contributed by atoms with Crippen molar-refractivity contribution < 1.29 is 14.3 Å². The molecule has 2 N–H and O–H groups in total. The third-order valence-electron chi connectivity index (χ3n) is 5.94. The van der Waals surface area contributed by atoms with Gasteiger partial charge >= 0.3 is 0 Å². The third kappa shape index (κ3) is 3.87. The van der Waals surface area contributed by atoms with E-state index in [0.29, 0.717) is 24.1 Å². The highest BCUT2D eigenvalue weighted by molar-refractivity contribution is 6.74. The quantitative estimate of drug-likeness (QED) is 0.700. The van der Waals surface area contributed by atoms with Crippen LogP contribution in [0.4, 0.5) is 0 Å². The SMILES string of the molecule is CCCC(C)(C)[Si](C)(C)OC[C@@H]1C[C@@H](O)[C@H](n2ncc3c(=O)[nH]cnc32)O1. The molecule has 2 aromatic heterocycles. The Morgan fingerprint density at radius 3 is 2.93 bits per heavy atom. The van der Waals surface area contributed by atoms with Crippen molar-refractivity contribution in [2.24, 2.45) is 0 Å². The van der Waals surface area contributed by atoms with Gasteiger partial charge in [-0.25, -0.2) is 9.67 Å². The van der Waals surface area contributed by atoms with Gasteiger partial charge < -0.3 is 19.3 Å². The van der Waals surface area contributed by atoms with Crippen LogP contribution in [0.5, 0.6) is 0 Å². The third-order valence-corrected chi connectivity index (χ3v) is 10.3. The van der Waals surface area contributed by atoms with Gasteiger partial charge in [0.25, 0.3) is 5.56 Å². The van der Waals surface area contributed by atoms with Gasteiger partial charge in [0, 0.05) is 6.42 Å². The Kier molecular flexibility index (Phi) is 5.58. The number of nitrogens with one attached hydrogen (secondary N) is 1. The van der Waals surface area contributed by atoms with Crippen LogP contribution >= 0.6 is 0 Å². The summed E-state index contributed by atoms with van der Waals surface area (Å²) in [6.07, 6.45) is 3.90. The molecule has 27 heavy (non-hydrogen) atoms. The fourth-order valence-corrected chi connectivity index (χ4v) is 5.39. The molecule has 2 aromatic rings. The molecule has 1 saturated heterocycles. The molecular weight excluding hydrogens is 364 g/mol. The maximum absolute atomic E-state index is 11.8. The summed E-state index contributed by atoms with van der Waals surface area (Å²) in [7, 11) is -1.92. The summed E-state index contributed by atoms with van der Waals surface area (Å²) >= 11 is 0. The number of fused-ring (bicyclic) bond motifs is 1. The van der Waals surface area contributed by atoms with E-state index in [-0.39, 0.29) is 16.7 Å². The zero-order chi connectivity index (χ0) is 19.8. The topological polar surface area (TPSA) is 102 Å². The minimum absolute atomic E-state index is 0.168. The predicted molar refractivity (Wildman–Crippen MR) is 105 cm³/mol. The van der Waals surface area contributed by atoms with Crippen molar-refractivity contribution in [2.75, 3.05) is 6.61 Å². The Labute approximate surface area is 160 Å². The van der Waals surface area contributed by atoms with Gasteiger partial charge in [-0.3, -0.25) is 4.79 Å². The highest BCUT2D eigenvalue weighted by Crippen LogP contribution is 2.42. The Morgan fingerprint density at radius 1 is 1.48 bits per heavy atom. The average molecular weight is 395 g/mol. The average Bonchev–Trinajstić information content (AvgIpc) is 3.17. The van der Waals surface area contributed by atoms with E-state index in [1.165, 1.54) is 17.2 Å². The minimum atomic E-state index is -1.92. The number of aliphatic hydroxyl groups is 1. The smallest absolute Gasteiger partial charge is 0.261 e. The lowest BCUT2D eigenvalue weighted by atomic mass is 10.1. The molecule has 1 fully saturated rings. The van der Waals surface area contributed by atoms with E-state index in [1.54, 1.807) is 0 Å². The molecule has 0 amide bonds. The number of hydrogen-bond donors (Lipinski definition) is 2. The fourth-order valence-electron chi connectivity index (χ4n) is 3.54. The van der Waals surface area contributed by atoms with E-state index >= 15 is 0 Å². The van der Waals surface area contributed by atoms with E-state index in [4.69, 9.17) is 9.16 Å². The summed E-state index contributed by atoms with van der Waals surface area (Å²) in [4.78, 5) is 18.5. The van der Waals surface area contributed by atoms with Crippen molar-refractivity contribution in [1.29, 1.82) is 0 Å². The molecule has 9 heteroatoms. The van der Waals surface area contributed by atoms with Gasteiger partial charge in [-0.1, -0.05) is 27.2 Å². The van der Waals surface area contributed by atoms with E-state index in [1.807, 2.05) is 0 Å². The van der Waals surface area contributed by atoms with Crippen molar-refractivity contribution in [3.63, 3.8) is 0 Å². The number of aliphatic hydroxyl groups excluding tert-OH is 1. The summed E-state index contributed by atoms with van der Waals surface area (Å²) in [5.74, 6) is 0. The molecule has 3 atom stereocenters. The lowest BCUT2D eigenvalue weighted by Crippen LogP contribution is -2.44. The number of hydrogen-bond acceptors (Lipinski definition) is 6. The highest BCUT2D eigenvalue weighted by Gasteiger charge is 2.43. The summed E-state index contributed by atoms with van der Waals surface area (Å²) in [5, 5.41) is 15.2. The fraction of sp³-hybridized carbons (Fsp3) is 0.722. The van der Waals surface area contributed by atoms with Crippen molar-refractivity contribution in [3.05, 3.63) is 22.9 Å². The second-order valence-corrected chi connectivity index (χ2v) is 13.1. The van der Waals surface area contributed by atoms with Gasteiger partial charge in [-0.05, 0) is 24.6 Å². The molecule has 0 aromatic carbocycles. The van der Waals surface area contributed by atoms with E-state index in [9.17, 15) is 9.90 Å². The standard InChI is InChI=1S/C18H30N4O4Si/c1-6-7-18(2,3)27(4,5)25-10-12-8-14(23)17(26-12)22-15-13(9-21-22)16(24)20-11-19-15/h9,11-12,14,17,23H,6-8,10H2,1-5H3,(H,19,20,24)/t12-,14+,17+/m0/s1. The highest BCUT2D eigenvalue weighted by atomic mass is 28.4. The van der Waals surface area contributed by atoms with Crippen LogP contribution in [0.15, 0.2) is 17.3 Å². The van der Waals surface area contributed by atoms with Crippen molar-refractivity contribution in [3.8, 4) is 0 Å². The number of aromatic nitrogens is 4. The second-order valence-electron chi connectivity index (χ2n) is 8.46. The molecule has 1 aliphatic heterocycles. The minimum Gasteiger partial charge on any atom is -0.414 e. The molecule has 0 bridgehead atoms. The van der Waals surface area contributed by atoms with Crippen molar-refractivity contribution >= 4 is 19.4 Å². The molecule has 1 aliphatic rings. The number of aromatic amines is 1. The Morgan fingerprint density at radius 2 is 2.22 bits per heavy atom. The van der Waals surface area contributed by atoms with Crippen LogP contribution in [0, 0.1) is 0 Å². The van der Waals surface area contributed by atoms with Crippen LogP contribution in [0.2, 0.25) is 18.1 Å². The Balaban J connectivity index is 1.70. The molecule has 150 valence electrons. The molecule has 3 heterocycles. The maximum Gasteiger partial charge on any atom is 0.261 e. The van der Waals surface area contributed by atoms with Gasteiger partial charge in [-0.15, -0.1) is 0 Å². The van der Waals surface area contributed by atoms with Crippen LogP contribution in [0.1, 0.15) is 46.3 Å². The first-order valence-electron chi connectivity index (χ1n) is 9.54. The first-order chi connectivity index (χ1) is 12.7. The van der Waals surface area contributed by atoms with E-state index in [0.717, 1.165) is 12.8 Å². The molecular formula is C18H30N4O4Si. The Hall–Kier alpha value is -1.55. The maximum atomic E-state index is 11.8. The monoisotopic (exact) mass is 394 g/mol. The second kappa shape index (κ2) is 7.46. The van der Waals surface area contributed by atoms with Gasteiger partial charge in [-0.2, -0.15) is 5.10 Å². The first kappa shape index (κ1) is 20.2. The number of H-pyrrole nitrogens is 1. The number of rotatable bonds is 7. The lowest BCUT2D eigenvalue weighted by Gasteiger charge is -2.39. The first-order valence-corrected chi connectivity index (χ1v) is 12.5. The zero-order valence-corrected chi connectivity index (χ0v) is 17.7. The molecule has 3 rings (SSSR count).